The average molecular weight is 371 g/mol. The third kappa shape index (κ3) is 4.63. The minimum Gasteiger partial charge on any atom is -0.423 e. The lowest BCUT2D eigenvalue weighted by molar-refractivity contribution is -0.140. The Kier molecular flexibility index (Phi) is 7.19. The number of rotatable bonds is 3. The number of benzene rings is 1. The van der Waals surface area contributed by atoms with E-state index in [1.807, 2.05) is 0 Å². The maximum absolute atomic E-state index is 13.9. The monoisotopic (exact) mass is 370 g/mol. The van der Waals surface area contributed by atoms with E-state index in [9.17, 15) is 13.6 Å². The van der Waals surface area contributed by atoms with Crippen LogP contribution in [0.5, 0.6) is 5.75 Å². The first-order chi connectivity index (χ1) is 12.0. The molecule has 0 atom stereocenters. The molecule has 0 saturated heterocycles. The van der Waals surface area contributed by atoms with Gasteiger partial charge in [-0.05, 0) is 74.8 Å². The van der Waals surface area contributed by atoms with Crippen molar-refractivity contribution in [2.75, 3.05) is 0 Å². The minimum atomic E-state index is -1.07. The van der Waals surface area contributed by atoms with Crippen molar-refractivity contribution in [1.82, 2.24) is 0 Å². The van der Waals surface area contributed by atoms with Crippen LogP contribution in [0.15, 0.2) is 12.1 Å². The van der Waals surface area contributed by atoms with Gasteiger partial charge in [-0.1, -0.05) is 33.3 Å². The molecular formula is C22H36F2O2. The van der Waals surface area contributed by atoms with Gasteiger partial charge in [-0.25, -0.2) is 4.39 Å². The smallest absolute Gasteiger partial charge is 0.314 e. The second-order valence-electron chi connectivity index (χ2n) is 8.06. The van der Waals surface area contributed by atoms with Crippen molar-refractivity contribution in [3.8, 4) is 5.75 Å². The SMILES string of the molecule is C.Cc1ccc(OC(=O)C2CCC(C3CCC(C)CC3)CC2)c(F)c1F.[HH].[HH]. The quantitative estimate of drug-likeness (QED) is 0.425. The van der Waals surface area contributed by atoms with Crippen LogP contribution in [-0.2, 0) is 4.79 Å². The van der Waals surface area contributed by atoms with Gasteiger partial charge in [0, 0.05) is 2.85 Å². The molecule has 0 radical (unpaired) electrons. The van der Waals surface area contributed by atoms with Crippen molar-refractivity contribution in [3.63, 3.8) is 0 Å². The van der Waals surface area contributed by atoms with Crippen LogP contribution in [0.1, 0.15) is 74.1 Å². The maximum Gasteiger partial charge on any atom is 0.314 e. The summed E-state index contributed by atoms with van der Waals surface area (Å²) in [5.41, 5.74) is 0.208. The Hall–Kier alpha value is -1.45. The van der Waals surface area contributed by atoms with Crippen molar-refractivity contribution in [2.24, 2.45) is 23.7 Å². The van der Waals surface area contributed by atoms with Crippen molar-refractivity contribution >= 4 is 5.97 Å². The summed E-state index contributed by atoms with van der Waals surface area (Å²) in [5.74, 6) is -0.551. The van der Waals surface area contributed by atoms with Crippen molar-refractivity contribution in [2.45, 2.75) is 72.6 Å². The van der Waals surface area contributed by atoms with Crippen LogP contribution in [0.3, 0.4) is 0 Å². The Morgan fingerprint density at radius 1 is 0.962 bits per heavy atom. The molecule has 0 spiro atoms. The lowest BCUT2D eigenvalue weighted by Gasteiger charge is -2.36. The first-order valence-corrected chi connectivity index (χ1v) is 9.62. The summed E-state index contributed by atoms with van der Waals surface area (Å²) in [5, 5.41) is 0. The third-order valence-corrected chi connectivity index (χ3v) is 6.28. The van der Waals surface area contributed by atoms with Crippen molar-refractivity contribution in [1.29, 1.82) is 0 Å². The van der Waals surface area contributed by atoms with Crippen LogP contribution in [0.4, 0.5) is 8.78 Å². The van der Waals surface area contributed by atoms with Crippen molar-refractivity contribution in [3.05, 3.63) is 29.3 Å². The predicted molar refractivity (Wildman–Crippen MR) is 104 cm³/mol. The molecule has 0 aromatic heterocycles. The molecule has 0 heterocycles. The second kappa shape index (κ2) is 8.96. The molecule has 150 valence electrons. The largest absolute Gasteiger partial charge is 0.423 e. The number of carbonyl (C=O) groups is 1. The lowest BCUT2D eigenvalue weighted by Crippen LogP contribution is -2.30. The Labute approximate surface area is 159 Å². The Morgan fingerprint density at radius 3 is 2.08 bits per heavy atom. The summed E-state index contributed by atoms with van der Waals surface area (Å²) in [6.45, 7) is 3.81. The van der Waals surface area contributed by atoms with E-state index in [0.29, 0.717) is 5.92 Å². The fraction of sp³-hybridized carbons (Fsp3) is 0.682. The molecule has 0 bridgehead atoms. The summed E-state index contributed by atoms with van der Waals surface area (Å²) < 4.78 is 32.6. The van der Waals surface area contributed by atoms with Gasteiger partial charge in [0.1, 0.15) is 0 Å². The van der Waals surface area contributed by atoms with E-state index in [1.165, 1.54) is 44.7 Å². The zero-order valence-corrected chi connectivity index (χ0v) is 15.2. The molecule has 0 amide bonds. The van der Waals surface area contributed by atoms with Gasteiger partial charge >= 0.3 is 5.97 Å². The first kappa shape index (κ1) is 20.9. The minimum absolute atomic E-state index is 0. The number of ether oxygens (including phenoxy) is 1. The number of aryl methyl sites for hydroxylation is 1. The molecule has 0 N–H and O–H groups in total. The van der Waals surface area contributed by atoms with E-state index in [1.54, 1.807) is 0 Å². The Balaban J connectivity index is 0.00000243. The summed E-state index contributed by atoms with van der Waals surface area (Å²) in [6.07, 6.45) is 8.96. The molecule has 2 fully saturated rings. The average Bonchev–Trinajstić information content (AvgIpc) is 2.63. The Bertz CT molecular complexity index is 623. The number of hydrogen-bond donors (Lipinski definition) is 0. The molecule has 3 rings (SSSR count). The molecule has 4 heteroatoms. The highest BCUT2D eigenvalue weighted by Crippen LogP contribution is 2.41. The molecule has 0 aliphatic heterocycles. The summed E-state index contributed by atoms with van der Waals surface area (Å²) in [4.78, 5) is 12.3. The Morgan fingerprint density at radius 2 is 1.50 bits per heavy atom. The van der Waals surface area contributed by atoms with Crippen LogP contribution in [0.2, 0.25) is 0 Å². The van der Waals surface area contributed by atoms with E-state index in [2.05, 4.69) is 6.92 Å². The van der Waals surface area contributed by atoms with E-state index < -0.39 is 17.6 Å². The van der Waals surface area contributed by atoms with Gasteiger partial charge in [0.25, 0.3) is 0 Å². The van der Waals surface area contributed by atoms with Gasteiger partial charge in [-0.2, -0.15) is 4.39 Å². The molecule has 1 aromatic carbocycles. The van der Waals surface area contributed by atoms with Crippen LogP contribution in [-0.4, -0.2) is 5.97 Å². The molecule has 2 aliphatic rings. The molecule has 26 heavy (non-hydrogen) atoms. The highest BCUT2D eigenvalue weighted by Gasteiger charge is 2.33. The first-order valence-electron chi connectivity index (χ1n) is 9.62. The molecule has 2 aliphatic carbocycles. The molecular weight excluding hydrogens is 334 g/mol. The van der Waals surface area contributed by atoms with Crippen LogP contribution < -0.4 is 4.74 Å². The van der Waals surface area contributed by atoms with Gasteiger partial charge < -0.3 is 4.74 Å². The fourth-order valence-electron chi connectivity index (χ4n) is 4.48. The highest BCUT2D eigenvalue weighted by molar-refractivity contribution is 5.75. The number of hydrogen-bond acceptors (Lipinski definition) is 2. The van der Waals surface area contributed by atoms with Crippen LogP contribution in [0, 0.1) is 42.2 Å². The summed E-state index contributed by atoms with van der Waals surface area (Å²) in [7, 11) is 0. The number of esters is 1. The van der Waals surface area contributed by atoms with E-state index in [0.717, 1.165) is 37.5 Å². The van der Waals surface area contributed by atoms with Gasteiger partial charge in [0.15, 0.2) is 11.6 Å². The predicted octanol–water partition coefficient (Wildman–Crippen LogP) is 6.94. The van der Waals surface area contributed by atoms with Gasteiger partial charge in [-0.15, -0.1) is 0 Å². The van der Waals surface area contributed by atoms with Gasteiger partial charge in [0.2, 0.25) is 5.82 Å². The van der Waals surface area contributed by atoms with Gasteiger partial charge in [0.05, 0.1) is 5.92 Å². The van der Waals surface area contributed by atoms with E-state index >= 15 is 0 Å². The number of carbonyl (C=O) groups excluding carboxylic acids is 1. The second-order valence-corrected chi connectivity index (χ2v) is 8.06. The number of halogens is 2. The normalized spacial score (nSPS) is 28.9. The fourth-order valence-corrected chi connectivity index (χ4v) is 4.48. The maximum atomic E-state index is 13.9. The standard InChI is InChI=1S/C21H28F2O2.CH4.2H2/c1-13-3-6-15(7-4-13)16-8-10-17(11-9-16)21(24)25-18-12-5-14(2)19(22)20(18)23;;;/h5,12-13,15-17H,3-4,6-11H2,1-2H3;1H4;2*1H. The van der Waals surface area contributed by atoms with E-state index in [4.69, 9.17) is 4.74 Å². The zero-order valence-electron chi connectivity index (χ0n) is 15.2. The third-order valence-electron chi connectivity index (χ3n) is 6.28. The molecule has 1 aromatic rings. The molecule has 2 saturated carbocycles. The lowest BCUT2D eigenvalue weighted by atomic mass is 9.69. The van der Waals surface area contributed by atoms with E-state index in [-0.39, 0.29) is 27.5 Å². The highest BCUT2D eigenvalue weighted by atomic mass is 19.2. The van der Waals surface area contributed by atoms with Crippen LogP contribution >= 0.6 is 0 Å². The van der Waals surface area contributed by atoms with Crippen molar-refractivity contribution < 1.29 is 21.2 Å². The van der Waals surface area contributed by atoms with Gasteiger partial charge in [-0.3, -0.25) is 4.79 Å². The zero-order chi connectivity index (χ0) is 18.0. The summed E-state index contributed by atoms with van der Waals surface area (Å²) >= 11 is 0. The van der Waals surface area contributed by atoms with Crippen LogP contribution in [0.25, 0.3) is 0 Å². The summed E-state index contributed by atoms with van der Waals surface area (Å²) in [6, 6.07) is 2.77. The molecule has 0 unspecified atom stereocenters. The topological polar surface area (TPSA) is 26.3 Å². The molecule has 2 nitrogen and oxygen atoms in total.